The molecule has 0 aromatic heterocycles. The van der Waals surface area contributed by atoms with Crippen LogP contribution in [0.3, 0.4) is 0 Å². The number of rotatable bonds is 32. The van der Waals surface area contributed by atoms with Crippen LogP contribution in [0.25, 0.3) is 0 Å². The summed E-state index contributed by atoms with van der Waals surface area (Å²) in [5.41, 5.74) is -0.634. The summed E-state index contributed by atoms with van der Waals surface area (Å²) in [7, 11) is 0. The summed E-state index contributed by atoms with van der Waals surface area (Å²) in [6.07, 6.45) is 32.5. The van der Waals surface area contributed by atoms with Crippen molar-refractivity contribution in [2.75, 3.05) is 5.75 Å². The minimum Gasteiger partial charge on any atom is -0.458 e. The maximum atomic E-state index is 13.4. The number of amides is 1. The SMILES string of the molecule is CCCCCCCCCCCCCCCC(O)C(CCCCCCCCCCCCCC)C(=O)NC(CS)C(=O)OC(C)(C)C. The molecule has 0 aliphatic rings. The number of esters is 1. The van der Waals surface area contributed by atoms with Gasteiger partial charge < -0.3 is 15.2 Å². The zero-order valence-corrected chi connectivity index (χ0v) is 31.5. The van der Waals surface area contributed by atoms with Gasteiger partial charge in [0, 0.05) is 5.75 Å². The van der Waals surface area contributed by atoms with Crippen molar-refractivity contribution in [3.8, 4) is 0 Å². The number of ether oxygens (including phenoxy) is 1. The molecule has 0 saturated heterocycles. The number of aliphatic hydroxyl groups is 1. The zero-order valence-electron chi connectivity index (χ0n) is 30.7. The molecule has 5 nitrogen and oxygen atoms in total. The van der Waals surface area contributed by atoms with Crippen molar-refractivity contribution in [1.82, 2.24) is 5.32 Å². The normalized spacial score (nSPS) is 13.8. The van der Waals surface area contributed by atoms with Crippen molar-refractivity contribution in [2.24, 2.45) is 5.92 Å². The molecule has 0 fully saturated rings. The van der Waals surface area contributed by atoms with Crippen molar-refractivity contribution < 1.29 is 19.4 Å². The minimum atomic E-state index is -0.812. The first-order chi connectivity index (χ1) is 21.7. The lowest BCUT2D eigenvalue weighted by atomic mass is 9.90. The Morgan fingerprint density at radius 2 is 0.933 bits per heavy atom. The van der Waals surface area contributed by atoms with Crippen molar-refractivity contribution in [1.29, 1.82) is 0 Å². The number of hydrogen-bond donors (Lipinski definition) is 3. The molecular weight excluding hydrogens is 578 g/mol. The largest absolute Gasteiger partial charge is 0.458 e. The molecule has 0 heterocycles. The van der Waals surface area contributed by atoms with E-state index >= 15 is 0 Å². The third-order valence-corrected chi connectivity index (χ3v) is 9.33. The molecule has 268 valence electrons. The van der Waals surface area contributed by atoms with E-state index in [0.717, 1.165) is 25.7 Å². The predicted octanol–water partition coefficient (Wildman–Crippen LogP) is 11.3. The highest BCUT2D eigenvalue weighted by atomic mass is 32.1. The highest BCUT2D eigenvalue weighted by Crippen LogP contribution is 2.22. The Labute approximate surface area is 286 Å². The van der Waals surface area contributed by atoms with Gasteiger partial charge in [0.2, 0.25) is 5.91 Å². The van der Waals surface area contributed by atoms with Crippen molar-refractivity contribution in [3.63, 3.8) is 0 Å². The quantitative estimate of drug-likeness (QED) is 0.0383. The molecule has 0 saturated carbocycles. The number of thiol groups is 1. The molecule has 3 unspecified atom stereocenters. The van der Waals surface area contributed by atoms with E-state index in [0.29, 0.717) is 12.8 Å². The summed E-state index contributed by atoms with van der Waals surface area (Å²) in [5.74, 6) is -1.05. The number of nitrogens with one attached hydrogen (secondary N) is 1. The van der Waals surface area contributed by atoms with E-state index in [9.17, 15) is 14.7 Å². The van der Waals surface area contributed by atoms with E-state index in [1.807, 2.05) is 20.8 Å². The van der Waals surface area contributed by atoms with E-state index in [-0.39, 0.29) is 11.7 Å². The Kier molecular flexibility index (Phi) is 30.1. The van der Waals surface area contributed by atoms with E-state index < -0.39 is 29.6 Å². The van der Waals surface area contributed by atoms with Crippen LogP contribution in [0.5, 0.6) is 0 Å². The van der Waals surface area contributed by atoms with Crippen LogP contribution >= 0.6 is 12.6 Å². The van der Waals surface area contributed by atoms with Crippen LogP contribution in [0.2, 0.25) is 0 Å². The van der Waals surface area contributed by atoms with Gasteiger partial charge in [-0.3, -0.25) is 4.79 Å². The molecule has 1 amide bonds. The van der Waals surface area contributed by atoms with E-state index in [4.69, 9.17) is 4.74 Å². The molecule has 0 aliphatic carbocycles. The van der Waals surface area contributed by atoms with Crippen LogP contribution in [0.4, 0.5) is 0 Å². The fourth-order valence-corrected chi connectivity index (χ4v) is 6.35. The third-order valence-electron chi connectivity index (χ3n) is 8.96. The lowest BCUT2D eigenvalue weighted by molar-refractivity contribution is -0.158. The molecule has 0 aliphatic heterocycles. The molecule has 0 bridgehead atoms. The second-order valence-electron chi connectivity index (χ2n) is 14.7. The second-order valence-corrected chi connectivity index (χ2v) is 15.0. The molecule has 0 rings (SSSR count). The summed E-state index contributed by atoms with van der Waals surface area (Å²) in [6.45, 7) is 9.98. The van der Waals surface area contributed by atoms with Crippen molar-refractivity contribution in [2.45, 2.75) is 226 Å². The average molecular weight is 656 g/mol. The van der Waals surface area contributed by atoms with Gasteiger partial charge >= 0.3 is 5.97 Å². The maximum absolute atomic E-state index is 13.4. The zero-order chi connectivity index (χ0) is 33.6. The Morgan fingerprint density at radius 1 is 0.600 bits per heavy atom. The molecule has 3 atom stereocenters. The summed E-state index contributed by atoms with van der Waals surface area (Å²) in [5, 5.41) is 14.0. The van der Waals surface area contributed by atoms with Crippen LogP contribution in [0, 0.1) is 5.92 Å². The van der Waals surface area contributed by atoms with Gasteiger partial charge in [-0.05, 0) is 33.6 Å². The number of carbonyl (C=O) groups excluding carboxylic acids is 2. The Bertz CT molecular complexity index is 680. The van der Waals surface area contributed by atoms with E-state index in [1.54, 1.807) is 0 Å². The summed E-state index contributed by atoms with van der Waals surface area (Å²) >= 11 is 4.31. The highest BCUT2D eigenvalue weighted by molar-refractivity contribution is 7.80. The lowest BCUT2D eigenvalue weighted by Gasteiger charge is -2.27. The Balaban J connectivity index is 4.53. The summed E-state index contributed by atoms with van der Waals surface area (Å²) in [4.78, 5) is 26.0. The maximum Gasteiger partial charge on any atom is 0.330 e. The smallest absolute Gasteiger partial charge is 0.330 e. The molecule has 0 aromatic carbocycles. The summed E-state index contributed by atoms with van der Waals surface area (Å²) < 4.78 is 5.50. The van der Waals surface area contributed by atoms with Gasteiger partial charge in [0.25, 0.3) is 0 Å². The predicted molar refractivity (Wildman–Crippen MR) is 197 cm³/mol. The van der Waals surface area contributed by atoms with E-state index in [1.165, 1.54) is 135 Å². The second kappa shape index (κ2) is 30.6. The van der Waals surface area contributed by atoms with Crippen LogP contribution in [0.15, 0.2) is 0 Å². The molecule has 0 aromatic rings. The average Bonchev–Trinajstić information content (AvgIpc) is 2.99. The number of unbranched alkanes of at least 4 members (excludes halogenated alkanes) is 23. The fraction of sp³-hybridized carbons (Fsp3) is 0.949. The van der Waals surface area contributed by atoms with Gasteiger partial charge in [-0.25, -0.2) is 4.79 Å². The molecule has 45 heavy (non-hydrogen) atoms. The van der Waals surface area contributed by atoms with Gasteiger partial charge in [-0.2, -0.15) is 12.6 Å². The van der Waals surface area contributed by atoms with E-state index in [2.05, 4.69) is 31.8 Å². The third kappa shape index (κ3) is 28.0. The lowest BCUT2D eigenvalue weighted by Crippen LogP contribution is -2.49. The van der Waals surface area contributed by atoms with Gasteiger partial charge in [-0.1, -0.05) is 174 Å². The molecule has 0 spiro atoms. The van der Waals surface area contributed by atoms with Gasteiger partial charge in [0.05, 0.1) is 12.0 Å². The van der Waals surface area contributed by atoms with Crippen molar-refractivity contribution >= 4 is 24.5 Å². The Morgan fingerprint density at radius 3 is 1.27 bits per heavy atom. The standard InChI is InChI=1S/C39H77NO4S/c1-6-8-10-12-14-16-18-20-22-24-26-28-30-32-36(41)34(37(42)40-35(33-45)38(43)44-39(3,4)5)31-29-27-25-23-21-19-17-15-13-11-9-7-2/h34-36,41,45H,6-33H2,1-5H3,(H,40,42). The van der Waals surface area contributed by atoms with Crippen LogP contribution < -0.4 is 5.32 Å². The molecule has 2 N–H and O–H groups in total. The number of carbonyl (C=O) groups is 2. The van der Waals surface area contributed by atoms with Gasteiger partial charge in [0.15, 0.2) is 0 Å². The topological polar surface area (TPSA) is 75.6 Å². The minimum absolute atomic E-state index is 0.168. The number of aliphatic hydroxyl groups excluding tert-OH is 1. The van der Waals surface area contributed by atoms with Gasteiger partial charge in [0.1, 0.15) is 11.6 Å². The fourth-order valence-electron chi connectivity index (χ4n) is 6.11. The van der Waals surface area contributed by atoms with Crippen LogP contribution in [-0.2, 0) is 14.3 Å². The van der Waals surface area contributed by atoms with Crippen molar-refractivity contribution in [3.05, 3.63) is 0 Å². The first-order valence-corrected chi connectivity index (χ1v) is 20.1. The Hall–Kier alpha value is -0.750. The van der Waals surface area contributed by atoms with Crippen LogP contribution in [-0.4, -0.2) is 40.5 Å². The number of hydrogen-bond acceptors (Lipinski definition) is 5. The molecule has 0 radical (unpaired) electrons. The monoisotopic (exact) mass is 656 g/mol. The van der Waals surface area contributed by atoms with Crippen LogP contribution in [0.1, 0.15) is 208 Å². The molecular formula is C39H77NO4S. The highest BCUT2D eigenvalue weighted by Gasteiger charge is 2.31. The van der Waals surface area contributed by atoms with Gasteiger partial charge in [-0.15, -0.1) is 0 Å². The molecule has 6 heteroatoms. The first-order valence-electron chi connectivity index (χ1n) is 19.5. The first kappa shape index (κ1) is 44.2. The summed E-state index contributed by atoms with van der Waals surface area (Å²) in [6, 6.07) is -0.812.